The highest BCUT2D eigenvalue weighted by Gasteiger charge is 2.37. The van der Waals surface area contributed by atoms with E-state index in [1.807, 2.05) is 18.2 Å². The Labute approximate surface area is 120 Å². The molecule has 2 atom stereocenters. The lowest BCUT2D eigenvalue weighted by molar-refractivity contribution is -0.0899. The Kier molecular flexibility index (Phi) is 4.86. The van der Waals surface area contributed by atoms with E-state index in [9.17, 15) is 0 Å². The van der Waals surface area contributed by atoms with E-state index in [2.05, 4.69) is 12.3 Å². The molecule has 112 valence electrons. The highest BCUT2D eigenvalue weighted by Crippen LogP contribution is 2.38. The number of hydrogen-bond acceptors (Lipinski definition) is 5. The molecule has 0 spiro atoms. The predicted molar refractivity (Wildman–Crippen MR) is 77.8 cm³/mol. The Morgan fingerprint density at radius 3 is 2.30 bits per heavy atom. The van der Waals surface area contributed by atoms with Crippen LogP contribution in [0.2, 0.25) is 0 Å². The van der Waals surface area contributed by atoms with Crippen molar-refractivity contribution < 1.29 is 14.2 Å². The number of nitrogens with two attached hydrogens (primary N) is 1. The molecule has 2 unspecified atom stereocenters. The third-order valence-electron chi connectivity index (χ3n) is 3.98. The van der Waals surface area contributed by atoms with Gasteiger partial charge in [-0.05, 0) is 43.9 Å². The van der Waals surface area contributed by atoms with Crippen LogP contribution in [0.1, 0.15) is 37.8 Å². The average Bonchev–Trinajstić information content (AvgIpc) is 2.48. The SMILES string of the molecule is COc1cc(OC)cc(C(NN)C2(C)CCCCO2)c1. The fourth-order valence-electron chi connectivity index (χ4n) is 2.80. The van der Waals surface area contributed by atoms with Crippen molar-refractivity contribution in [3.05, 3.63) is 23.8 Å². The normalized spacial score (nSPS) is 24.2. The van der Waals surface area contributed by atoms with E-state index in [1.54, 1.807) is 14.2 Å². The van der Waals surface area contributed by atoms with Gasteiger partial charge in [0.15, 0.2) is 0 Å². The molecule has 1 aliphatic heterocycles. The molecule has 0 saturated carbocycles. The van der Waals surface area contributed by atoms with Gasteiger partial charge in [-0.15, -0.1) is 0 Å². The summed E-state index contributed by atoms with van der Waals surface area (Å²) < 4.78 is 16.6. The average molecular weight is 280 g/mol. The van der Waals surface area contributed by atoms with Crippen molar-refractivity contribution in [3.63, 3.8) is 0 Å². The molecule has 0 aliphatic carbocycles. The van der Waals surface area contributed by atoms with Gasteiger partial charge in [0.2, 0.25) is 0 Å². The van der Waals surface area contributed by atoms with Crippen molar-refractivity contribution in [2.75, 3.05) is 20.8 Å². The molecule has 0 radical (unpaired) electrons. The molecule has 0 amide bonds. The van der Waals surface area contributed by atoms with Crippen LogP contribution >= 0.6 is 0 Å². The van der Waals surface area contributed by atoms with Crippen LogP contribution in [-0.4, -0.2) is 26.4 Å². The maximum Gasteiger partial charge on any atom is 0.122 e. The molecule has 5 heteroatoms. The van der Waals surface area contributed by atoms with Crippen molar-refractivity contribution in [1.82, 2.24) is 5.43 Å². The molecule has 1 aliphatic rings. The van der Waals surface area contributed by atoms with Gasteiger partial charge in [0, 0.05) is 12.7 Å². The Hall–Kier alpha value is -1.30. The van der Waals surface area contributed by atoms with Crippen molar-refractivity contribution in [2.24, 2.45) is 5.84 Å². The van der Waals surface area contributed by atoms with Crippen LogP contribution in [0.4, 0.5) is 0 Å². The smallest absolute Gasteiger partial charge is 0.122 e. The second kappa shape index (κ2) is 6.43. The number of benzene rings is 1. The summed E-state index contributed by atoms with van der Waals surface area (Å²) in [6.45, 7) is 2.87. The Morgan fingerprint density at radius 2 is 1.85 bits per heavy atom. The van der Waals surface area contributed by atoms with Crippen molar-refractivity contribution >= 4 is 0 Å². The second-order valence-electron chi connectivity index (χ2n) is 5.36. The highest BCUT2D eigenvalue weighted by molar-refractivity contribution is 5.40. The summed E-state index contributed by atoms with van der Waals surface area (Å²) in [6.07, 6.45) is 3.23. The van der Waals surface area contributed by atoms with E-state index in [4.69, 9.17) is 20.1 Å². The van der Waals surface area contributed by atoms with Gasteiger partial charge in [0.1, 0.15) is 11.5 Å². The largest absolute Gasteiger partial charge is 0.497 e. The van der Waals surface area contributed by atoms with E-state index >= 15 is 0 Å². The monoisotopic (exact) mass is 280 g/mol. The van der Waals surface area contributed by atoms with Gasteiger partial charge in [0.05, 0.1) is 25.9 Å². The number of hydrazine groups is 1. The fraction of sp³-hybridized carbons (Fsp3) is 0.600. The first kappa shape index (κ1) is 15.1. The van der Waals surface area contributed by atoms with E-state index < -0.39 is 0 Å². The van der Waals surface area contributed by atoms with Gasteiger partial charge in [0.25, 0.3) is 0 Å². The summed E-state index contributed by atoms with van der Waals surface area (Å²) in [5, 5.41) is 0. The molecule has 3 N–H and O–H groups in total. The van der Waals surface area contributed by atoms with Crippen LogP contribution in [0, 0.1) is 0 Å². The molecule has 2 rings (SSSR count). The summed E-state index contributed by atoms with van der Waals surface area (Å²) in [5.74, 6) is 7.29. The molecule has 0 bridgehead atoms. The fourth-order valence-corrected chi connectivity index (χ4v) is 2.80. The summed E-state index contributed by atoms with van der Waals surface area (Å²) in [5.41, 5.74) is 3.59. The van der Waals surface area contributed by atoms with Crippen LogP contribution < -0.4 is 20.7 Å². The van der Waals surface area contributed by atoms with Crippen LogP contribution in [0.15, 0.2) is 18.2 Å². The molecule has 1 heterocycles. The minimum atomic E-state index is -0.315. The quantitative estimate of drug-likeness (QED) is 0.639. The van der Waals surface area contributed by atoms with Crippen LogP contribution in [0.25, 0.3) is 0 Å². The molecule has 5 nitrogen and oxygen atoms in total. The first-order valence-electron chi connectivity index (χ1n) is 6.96. The molecule has 0 aromatic heterocycles. The maximum atomic E-state index is 6.00. The lowest BCUT2D eigenvalue weighted by atomic mass is 9.84. The van der Waals surface area contributed by atoms with E-state index in [0.29, 0.717) is 0 Å². The van der Waals surface area contributed by atoms with Crippen molar-refractivity contribution in [3.8, 4) is 11.5 Å². The van der Waals surface area contributed by atoms with Gasteiger partial charge in [-0.3, -0.25) is 11.3 Å². The zero-order valence-electron chi connectivity index (χ0n) is 12.4. The van der Waals surface area contributed by atoms with Gasteiger partial charge < -0.3 is 14.2 Å². The first-order chi connectivity index (χ1) is 9.62. The van der Waals surface area contributed by atoms with Crippen molar-refractivity contribution in [1.29, 1.82) is 0 Å². The first-order valence-corrected chi connectivity index (χ1v) is 6.96. The number of hydrogen-bond donors (Lipinski definition) is 2. The Morgan fingerprint density at radius 1 is 1.20 bits per heavy atom. The van der Waals surface area contributed by atoms with E-state index in [1.165, 1.54) is 0 Å². The van der Waals surface area contributed by atoms with Gasteiger partial charge >= 0.3 is 0 Å². The Bertz CT molecular complexity index is 422. The van der Waals surface area contributed by atoms with Crippen LogP contribution in [-0.2, 0) is 4.74 Å². The van der Waals surface area contributed by atoms with Gasteiger partial charge in [-0.1, -0.05) is 0 Å². The summed E-state index contributed by atoms with van der Waals surface area (Å²) in [6, 6.07) is 5.68. The van der Waals surface area contributed by atoms with Crippen molar-refractivity contribution in [2.45, 2.75) is 37.8 Å². The number of methoxy groups -OCH3 is 2. The zero-order valence-corrected chi connectivity index (χ0v) is 12.4. The standard InChI is InChI=1S/C15H24N2O3/c1-15(6-4-5-7-20-15)14(17-16)11-8-12(18-2)10-13(9-11)19-3/h8-10,14,17H,4-7,16H2,1-3H3. The molecule has 1 saturated heterocycles. The highest BCUT2D eigenvalue weighted by atomic mass is 16.5. The summed E-state index contributed by atoms with van der Waals surface area (Å²) in [7, 11) is 3.28. The van der Waals surface area contributed by atoms with E-state index in [-0.39, 0.29) is 11.6 Å². The summed E-state index contributed by atoms with van der Waals surface area (Å²) >= 11 is 0. The molecule has 1 fully saturated rings. The zero-order chi connectivity index (χ0) is 14.6. The third-order valence-corrected chi connectivity index (χ3v) is 3.98. The minimum Gasteiger partial charge on any atom is -0.497 e. The predicted octanol–water partition coefficient (Wildman–Crippen LogP) is 2.17. The minimum absolute atomic E-state index is 0.105. The third kappa shape index (κ3) is 3.06. The van der Waals surface area contributed by atoms with Crippen LogP contribution in [0.5, 0.6) is 11.5 Å². The second-order valence-corrected chi connectivity index (χ2v) is 5.36. The van der Waals surface area contributed by atoms with Crippen LogP contribution in [0.3, 0.4) is 0 Å². The molecular formula is C15H24N2O3. The van der Waals surface area contributed by atoms with Gasteiger partial charge in [-0.25, -0.2) is 0 Å². The van der Waals surface area contributed by atoms with E-state index in [0.717, 1.165) is 42.9 Å². The molecule has 20 heavy (non-hydrogen) atoms. The molecule has 1 aromatic rings. The lowest BCUT2D eigenvalue weighted by Gasteiger charge is -2.40. The maximum absolute atomic E-state index is 6.00. The number of nitrogens with one attached hydrogen (secondary N) is 1. The number of ether oxygens (including phenoxy) is 3. The Balaban J connectivity index is 2.35. The molecular weight excluding hydrogens is 256 g/mol. The number of rotatable bonds is 5. The lowest BCUT2D eigenvalue weighted by Crippen LogP contribution is -2.48. The summed E-state index contributed by atoms with van der Waals surface area (Å²) in [4.78, 5) is 0. The molecule has 1 aromatic carbocycles. The topological polar surface area (TPSA) is 65.7 Å². The van der Waals surface area contributed by atoms with Gasteiger partial charge in [-0.2, -0.15) is 0 Å².